The first kappa shape index (κ1) is 14.2. The van der Waals surface area contributed by atoms with Crippen LogP contribution in [0.1, 0.15) is 11.7 Å². The normalized spacial score (nSPS) is 17.6. The largest absolute Gasteiger partial charge is 0.493 e. The van der Waals surface area contributed by atoms with E-state index in [9.17, 15) is 0 Å². The average Bonchev–Trinajstić information content (AvgIpc) is 2.44. The van der Waals surface area contributed by atoms with Crippen LogP contribution < -0.4 is 30.6 Å². The van der Waals surface area contributed by atoms with Gasteiger partial charge in [0.25, 0.3) is 0 Å². The molecule has 1 heterocycles. The standard InChI is InChI=1S/C12H16N4O3S/c1-17-7-4-6(5-8(18-2)9(7)19-3)10-14-11(13)16-12(20)15-10/h4-5,10H,1-3H3,(H4,13,14,15,16,20)/t10-/m0/s1. The first-order valence-electron chi connectivity index (χ1n) is 5.79. The van der Waals surface area contributed by atoms with E-state index in [1.165, 1.54) is 0 Å². The number of guanidine groups is 1. The van der Waals surface area contributed by atoms with Crippen molar-refractivity contribution in [3.63, 3.8) is 0 Å². The summed E-state index contributed by atoms with van der Waals surface area (Å²) >= 11 is 5.06. The molecule has 0 bridgehead atoms. The average molecular weight is 296 g/mol. The molecule has 0 aromatic heterocycles. The second-order valence-corrected chi connectivity index (χ2v) is 4.38. The fourth-order valence-electron chi connectivity index (χ4n) is 1.90. The highest BCUT2D eigenvalue weighted by Crippen LogP contribution is 2.39. The van der Waals surface area contributed by atoms with Gasteiger partial charge in [0.05, 0.1) is 21.3 Å². The lowest BCUT2D eigenvalue weighted by molar-refractivity contribution is 0.323. The monoisotopic (exact) mass is 296 g/mol. The first-order valence-corrected chi connectivity index (χ1v) is 6.20. The lowest BCUT2D eigenvalue weighted by Gasteiger charge is -2.24. The highest BCUT2D eigenvalue weighted by Gasteiger charge is 2.21. The maximum absolute atomic E-state index is 5.67. The van der Waals surface area contributed by atoms with Crippen LogP contribution in [0.25, 0.3) is 0 Å². The molecule has 20 heavy (non-hydrogen) atoms. The molecule has 0 saturated carbocycles. The molecule has 108 valence electrons. The quantitative estimate of drug-likeness (QED) is 0.697. The van der Waals surface area contributed by atoms with Crippen molar-refractivity contribution in [3.8, 4) is 17.2 Å². The maximum atomic E-state index is 5.67. The molecule has 0 saturated heterocycles. The lowest BCUT2D eigenvalue weighted by atomic mass is 10.1. The predicted octanol–water partition coefficient (Wildman–Crippen LogP) is 0.503. The molecule has 0 spiro atoms. The van der Waals surface area contributed by atoms with Gasteiger partial charge in [-0.2, -0.15) is 0 Å². The predicted molar refractivity (Wildman–Crippen MR) is 79.3 cm³/mol. The van der Waals surface area contributed by atoms with Gasteiger partial charge < -0.3 is 30.6 Å². The number of rotatable bonds is 4. The number of benzene rings is 1. The van der Waals surface area contributed by atoms with Crippen LogP contribution in [0.3, 0.4) is 0 Å². The smallest absolute Gasteiger partial charge is 0.203 e. The number of ether oxygens (including phenoxy) is 3. The number of nitrogens with zero attached hydrogens (tertiary/aromatic N) is 1. The Morgan fingerprint density at radius 3 is 2.20 bits per heavy atom. The Morgan fingerprint density at radius 2 is 1.75 bits per heavy atom. The van der Waals surface area contributed by atoms with E-state index in [0.29, 0.717) is 22.4 Å². The van der Waals surface area contributed by atoms with Crippen molar-refractivity contribution in [2.45, 2.75) is 6.17 Å². The molecule has 0 unspecified atom stereocenters. The molecule has 1 aromatic rings. The number of hydrogen-bond donors (Lipinski definition) is 3. The van der Waals surface area contributed by atoms with Crippen LogP contribution in [0.4, 0.5) is 0 Å². The Hall–Kier alpha value is -2.22. The van der Waals surface area contributed by atoms with Crippen LogP contribution in [0, 0.1) is 0 Å². The van der Waals surface area contributed by atoms with Gasteiger partial charge in [0.15, 0.2) is 28.7 Å². The van der Waals surface area contributed by atoms with E-state index in [4.69, 9.17) is 32.2 Å². The molecule has 1 atom stereocenters. The molecule has 1 aliphatic heterocycles. The van der Waals surface area contributed by atoms with Gasteiger partial charge in [-0.1, -0.05) is 0 Å². The molecular formula is C12H16N4O3S. The van der Waals surface area contributed by atoms with Crippen molar-refractivity contribution < 1.29 is 14.2 Å². The van der Waals surface area contributed by atoms with Crippen molar-refractivity contribution in [1.82, 2.24) is 10.6 Å². The summed E-state index contributed by atoms with van der Waals surface area (Å²) in [4.78, 5) is 4.24. The number of thiocarbonyl (C=S) groups is 1. The Bertz CT molecular complexity index is 537. The van der Waals surface area contributed by atoms with Crippen molar-refractivity contribution in [3.05, 3.63) is 17.7 Å². The summed E-state index contributed by atoms with van der Waals surface area (Å²) in [6, 6.07) is 3.59. The molecule has 0 amide bonds. The summed E-state index contributed by atoms with van der Waals surface area (Å²) in [5.74, 6) is 1.86. The van der Waals surface area contributed by atoms with Crippen LogP contribution in [0.15, 0.2) is 17.1 Å². The fraction of sp³-hybridized carbons (Fsp3) is 0.333. The molecule has 0 aliphatic carbocycles. The number of aliphatic imine (C=N–C) groups is 1. The summed E-state index contributed by atoms with van der Waals surface area (Å²) in [7, 11) is 4.66. The number of nitrogens with two attached hydrogens (primary N) is 1. The van der Waals surface area contributed by atoms with E-state index in [-0.39, 0.29) is 5.96 Å². The van der Waals surface area contributed by atoms with Gasteiger partial charge in [-0.25, -0.2) is 4.99 Å². The van der Waals surface area contributed by atoms with Crippen LogP contribution in [0.2, 0.25) is 0 Å². The highest BCUT2D eigenvalue weighted by molar-refractivity contribution is 7.80. The topological polar surface area (TPSA) is 90.1 Å². The van der Waals surface area contributed by atoms with Gasteiger partial charge in [0.2, 0.25) is 5.75 Å². The van der Waals surface area contributed by atoms with Crippen LogP contribution in [-0.2, 0) is 0 Å². The molecule has 1 aromatic carbocycles. The number of hydrogen-bond acceptors (Lipinski definition) is 6. The summed E-state index contributed by atoms with van der Waals surface area (Å²) in [5.41, 5.74) is 6.47. The zero-order chi connectivity index (χ0) is 14.7. The molecule has 8 heteroatoms. The van der Waals surface area contributed by atoms with Gasteiger partial charge >= 0.3 is 0 Å². The van der Waals surface area contributed by atoms with Crippen molar-refractivity contribution >= 4 is 23.3 Å². The van der Waals surface area contributed by atoms with Crippen LogP contribution in [-0.4, -0.2) is 32.4 Å². The Balaban J connectivity index is 2.47. The summed E-state index contributed by atoms with van der Waals surface area (Å²) in [6.07, 6.45) is -0.405. The van der Waals surface area contributed by atoms with E-state index < -0.39 is 6.17 Å². The third-order valence-electron chi connectivity index (χ3n) is 2.78. The van der Waals surface area contributed by atoms with E-state index in [1.807, 2.05) is 0 Å². The van der Waals surface area contributed by atoms with Crippen LogP contribution in [0.5, 0.6) is 17.2 Å². The number of nitrogens with one attached hydrogen (secondary N) is 2. The van der Waals surface area contributed by atoms with E-state index >= 15 is 0 Å². The van der Waals surface area contributed by atoms with Gasteiger partial charge in [0.1, 0.15) is 0 Å². The van der Waals surface area contributed by atoms with Gasteiger partial charge in [-0.15, -0.1) is 0 Å². The molecule has 0 fully saturated rings. The Kier molecular flexibility index (Phi) is 4.14. The highest BCUT2D eigenvalue weighted by atomic mass is 32.1. The summed E-state index contributed by atoms with van der Waals surface area (Å²) in [5, 5.41) is 6.14. The van der Waals surface area contributed by atoms with Gasteiger partial charge in [0, 0.05) is 5.56 Å². The minimum absolute atomic E-state index is 0.257. The third-order valence-corrected chi connectivity index (χ3v) is 3.00. The second-order valence-electron chi connectivity index (χ2n) is 3.97. The molecule has 2 rings (SSSR count). The molecule has 0 radical (unpaired) electrons. The van der Waals surface area contributed by atoms with Crippen molar-refractivity contribution in [1.29, 1.82) is 0 Å². The number of methoxy groups -OCH3 is 3. The van der Waals surface area contributed by atoms with Crippen molar-refractivity contribution in [2.75, 3.05) is 21.3 Å². The minimum Gasteiger partial charge on any atom is -0.493 e. The lowest BCUT2D eigenvalue weighted by Crippen LogP contribution is -2.49. The summed E-state index contributed by atoms with van der Waals surface area (Å²) < 4.78 is 15.9. The third kappa shape index (κ3) is 2.69. The van der Waals surface area contributed by atoms with Gasteiger partial charge in [-0.05, 0) is 24.4 Å². The summed E-state index contributed by atoms with van der Waals surface area (Å²) in [6.45, 7) is 0. The van der Waals surface area contributed by atoms with E-state index in [1.54, 1.807) is 33.5 Å². The maximum Gasteiger partial charge on any atom is 0.203 e. The molecule has 4 N–H and O–H groups in total. The molecular weight excluding hydrogens is 280 g/mol. The molecule has 1 aliphatic rings. The second kappa shape index (κ2) is 5.83. The van der Waals surface area contributed by atoms with E-state index in [0.717, 1.165) is 5.56 Å². The Morgan fingerprint density at radius 1 is 1.15 bits per heavy atom. The first-order chi connectivity index (χ1) is 9.58. The zero-order valence-electron chi connectivity index (χ0n) is 11.4. The minimum atomic E-state index is -0.405. The van der Waals surface area contributed by atoms with Crippen molar-refractivity contribution in [2.24, 2.45) is 10.7 Å². The van der Waals surface area contributed by atoms with E-state index in [2.05, 4.69) is 15.6 Å². The molecule has 7 nitrogen and oxygen atoms in total. The van der Waals surface area contributed by atoms with Crippen LogP contribution >= 0.6 is 12.2 Å². The fourth-order valence-corrected chi connectivity index (χ4v) is 2.11. The Labute approximate surface area is 122 Å². The van der Waals surface area contributed by atoms with Gasteiger partial charge in [-0.3, -0.25) is 0 Å². The zero-order valence-corrected chi connectivity index (χ0v) is 12.2. The SMILES string of the molecule is COc1cc([C@H]2N=C(N)NC(=S)N2)cc(OC)c1OC.